The van der Waals surface area contributed by atoms with Gasteiger partial charge in [-0.05, 0) is 18.1 Å². The molecular weight excluding hydrogens is 333 g/mol. The summed E-state index contributed by atoms with van der Waals surface area (Å²) in [5.74, 6) is -0.206. The number of nitrogens with one attached hydrogen (secondary N) is 1. The van der Waals surface area contributed by atoms with Crippen molar-refractivity contribution in [3.63, 3.8) is 0 Å². The molecule has 0 fully saturated rings. The highest BCUT2D eigenvalue weighted by Gasteiger charge is 2.30. The van der Waals surface area contributed by atoms with Gasteiger partial charge in [0.15, 0.2) is 5.65 Å². The summed E-state index contributed by atoms with van der Waals surface area (Å²) >= 11 is 0. The van der Waals surface area contributed by atoms with Crippen molar-refractivity contribution in [2.75, 3.05) is 0 Å². The maximum atomic E-state index is 12.7. The zero-order valence-electron chi connectivity index (χ0n) is 13.3. The van der Waals surface area contributed by atoms with Crippen molar-refractivity contribution in [1.29, 1.82) is 5.26 Å². The first-order chi connectivity index (χ1) is 11.7. The van der Waals surface area contributed by atoms with Crippen LogP contribution in [0.25, 0.3) is 16.9 Å². The molecule has 0 aliphatic rings. The number of alkyl halides is 3. The first kappa shape index (κ1) is 16.8. The van der Waals surface area contributed by atoms with E-state index in [2.05, 4.69) is 10.1 Å². The Morgan fingerprint density at radius 3 is 2.40 bits per heavy atom. The molecule has 3 rings (SSSR count). The largest absolute Gasteiger partial charge is 0.416 e. The molecule has 3 aromatic rings. The standard InChI is InChI=1S/C17H13F3N4O/c1-9(2)13-14(10-3-5-12(6-4-10)17(18,19)20)23-15-11(7-21)8-22-24(15)16(13)25/h3-6,8-9,22H,1-2H3. The van der Waals surface area contributed by atoms with E-state index >= 15 is 0 Å². The van der Waals surface area contributed by atoms with E-state index in [9.17, 15) is 18.0 Å². The van der Waals surface area contributed by atoms with Crippen LogP contribution >= 0.6 is 0 Å². The van der Waals surface area contributed by atoms with Gasteiger partial charge in [-0.1, -0.05) is 26.0 Å². The van der Waals surface area contributed by atoms with E-state index in [-0.39, 0.29) is 28.4 Å². The van der Waals surface area contributed by atoms with Gasteiger partial charge in [0.25, 0.3) is 5.56 Å². The summed E-state index contributed by atoms with van der Waals surface area (Å²) in [4.78, 5) is 17.1. The molecule has 0 spiro atoms. The second-order valence-corrected chi connectivity index (χ2v) is 5.87. The molecule has 8 heteroatoms. The van der Waals surface area contributed by atoms with Crippen LogP contribution in [-0.2, 0) is 6.18 Å². The Morgan fingerprint density at radius 1 is 1.24 bits per heavy atom. The maximum Gasteiger partial charge on any atom is 0.416 e. The van der Waals surface area contributed by atoms with Crippen LogP contribution < -0.4 is 5.56 Å². The fourth-order valence-corrected chi connectivity index (χ4v) is 2.67. The Kier molecular flexibility index (Phi) is 3.87. The number of halogens is 3. The summed E-state index contributed by atoms with van der Waals surface area (Å²) in [5, 5.41) is 11.8. The molecular formula is C17H13F3N4O. The summed E-state index contributed by atoms with van der Waals surface area (Å²) < 4.78 is 39.4. The van der Waals surface area contributed by atoms with Crippen LogP contribution in [0.4, 0.5) is 13.2 Å². The first-order valence-electron chi connectivity index (χ1n) is 7.45. The minimum Gasteiger partial charge on any atom is -0.295 e. The average molecular weight is 346 g/mol. The highest BCUT2D eigenvalue weighted by atomic mass is 19.4. The number of aromatic amines is 1. The Hall–Kier alpha value is -3.08. The van der Waals surface area contributed by atoms with Gasteiger partial charge in [0, 0.05) is 17.3 Å². The highest BCUT2D eigenvalue weighted by molar-refractivity contribution is 5.68. The lowest BCUT2D eigenvalue weighted by molar-refractivity contribution is -0.137. The third-order valence-corrected chi connectivity index (χ3v) is 3.88. The predicted octanol–water partition coefficient (Wildman–Crippen LogP) is 3.70. The van der Waals surface area contributed by atoms with E-state index in [1.807, 2.05) is 6.07 Å². The van der Waals surface area contributed by atoms with Crippen LogP contribution in [0.5, 0.6) is 0 Å². The average Bonchev–Trinajstić information content (AvgIpc) is 2.97. The molecule has 0 saturated heterocycles. The van der Waals surface area contributed by atoms with Crippen molar-refractivity contribution in [1.82, 2.24) is 14.6 Å². The van der Waals surface area contributed by atoms with Crippen LogP contribution in [-0.4, -0.2) is 14.6 Å². The van der Waals surface area contributed by atoms with Crippen molar-refractivity contribution >= 4 is 5.65 Å². The van der Waals surface area contributed by atoms with Crippen LogP contribution in [0.15, 0.2) is 35.3 Å². The molecule has 128 valence electrons. The summed E-state index contributed by atoms with van der Waals surface area (Å²) in [6, 6.07) is 6.40. The van der Waals surface area contributed by atoms with E-state index in [1.165, 1.54) is 22.8 Å². The Labute approximate surface area is 140 Å². The molecule has 1 aromatic carbocycles. The fourth-order valence-electron chi connectivity index (χ4n) is 2.67. The number of hydrogen-bond acceptors (Lipinski definition) is 3. The Balaban J connectivity index is 2.29. The number of benzene rings is 1. The number of nitrogens with zero attached hydrogens (tertiary/aromatic N) is 3. The Bertz CT molecular complexity index is 1040. The molecule has 0 amide bonds. The van der Waals surface area contributed by atoms with Gasteiger partial charge in [-0.25, -0.2) is 9.50 Å². The quantitative estimate of drug-likeness (QED) is 0.769. The van der Waals surface area contributed by atoms with Crippen molar-refractivity contribution in [3.8, 4) is 17.3 Å². The van der Waals surface area contributed by atoms with Gasteiger partial charge in [-0.2, -0.15) is 18.4 Å². The number of nitriles is 1. The zero-order chi connectivity index (χ0) is 18.4. The maximum absolute atomic E-state index is 12.7. The van der Waals surface area contributed by atoms with Crippen LogP contribution in [0.2, 0.25) is 0 Å². The number of H-pyrrole nitrogens is 1. The van der Waals surface area contributed by atoms with Gasteiger partial charge in [-0.15, -0.1) is 0 Å². The topological polar surface area (TPSA) is 73.9 Å². The highest BCUT2D eigenvalue weighted by Crippen LogP contribution is 2.32. The summed E-state index contributed by atoms with van der Waals surface area (Å²) in [6.07, 6.45) is -3.07. The molecule has 25 heavy (non-hydrogen) atoms. The number of hydrogen-bond donors (Lipinski definition) is 1. The fraction of sp³-hybridized carbons (Fsp3) is 0.235. The zero-order valence-corrected chi connectivity index (χ0v) is 13.3. The lowest BCUT2D eigenvalue weighted by Crippen LogP contribution is -2.22. The molecule has 0 unspecified atom stereocenters. The molecule has 5 nitrogen and oxygen atoms in total. The van der Waals surface area contributed by atoms with E-state index in [1.54, 1.807) is 13.8 Å². The van der Waals surface area contributed by atoms with Crippen molar-refractivity contribution in [2.24, 2.45) is 0 Å². The first-order valence-corrected chi connectivity index (χ1v) is 7.45. The van der Waals surface area contributed by atoms with Gasteiger partial charge < -0.3 is 0 Å². The second-order valence-electron chi connectivity index (χ2n) is 5.87. The lowest BCUT2D eigenvalue weighted by atomic mass is 9.97. The third kappa shape index (κ3) is 2.78. The van der Waals surface area contributed by atoms with Crippen molar-refractivity contribution in [2.45, 2.75) is 25.9 Å². The predicted molar refractivity (Wildman–Crippen MR) is 85.1 cm³/mol. The van der Waals surface area contributed by atoms with Crippen molar-refractivity contribution in [3.05, 3.63) is 57.5 Å². The molecule has 1 N–H and O–H groups in total. The van der Waals surface area contributed by atoms with E-state index in [0.717, 1.165) is 12.1 Å². The third-order valence-electron chi connectivity index (χ3n) is 3.88. The van der Waals surface area contributed by atoms with E-state index < -0.39 is 11.7 Å². The van der Waals surface area contributed by atoms with Crippen LogP contribution in [0.3, 0.4) is 0 Å². The molecule has 2 aromatic heterocycles. The van der Waals surface area contributed by atoms with Gasteiger partial charge in [0.1, 0.15) is 11.6 Å². The van der Waals surface area contributed by atoms with E-state index in [0.29, 0.717) is 11.1 Å². The molecule has 0 atom stereocenters. The monoisotopic (exact) mass is 346 g/mol. The minimum atomic E-state index is -4.44. The normalized spacial score (nSPS) is 11.9. The molecule has 0 aliphatic carbocycles. The summed E-state index contributed by atoms with van der Waals surface area (Å²) in [6.45, 7) is 3.60. The van der Waals surface area contributed by atoms with Gasteiger partial charge in [-0.3, -0.25) is 9.89 Å². The number of rotatable bonds is 2. The van der Waals surface area contributed by atoms with Crippen LogP contribution in [0.1, 0.15) is 36.5 Å². The number of fused-ring (bicyclic) bond motifs is 1. The number of aromatic nitrogens is 3. The second kappa shape index (κ2) is 5.77. The lowest BCUT2D eigenvalue weighted by Gasteiger charge is -2.13. The smallest absolute Gasteiger partial charge is 0.295 e. The Morgan fingerprint density at radius 2 is 1.88 bits per heavy atom. The molecule has 0 saturated carbocycles. The molecule has 0 bridgehead atoms. The van der Waals surface area contributed by atoms with Gasteiger partial charge in [0.2, 0.25) is 0 Å². The molecule has 2 heterocycles. The van der Waals surface area contributed by atoms with Gasteiger partial charge >= 0.3 is 6.18 Å². The minimum absolute atomic E-state index is 0.145. The molecule has 0 radical (unpaired) electrons. The SMILES string of the molecule is CC(C)c1c(-c2ccc(C(F)(F)F)cc2)nc2c(C#N)c[nH]n2c1=O. The van der Waals surface area contributed by atoms with Crippen LogP contribution in [0, 0.1) is 11.3 Å². The van der Waals surface area contributed by atoms with Crippen molar-refractivity contribution < 1.29 is 13.2 Å². The summed E-state index contributed by atoms with van der Waals surface area (Å²) in [7, 11) is 0. The molecule has 0 aliphatic heterocycles. The van der Waals surface area contributed by atoms with Gasteiger partial charge in [0.05, 0.1) is 11.3 Å². The summed E-state index contributed by atoms with van der Waals surface area (Å²) in [5.41, 5.74) is 0.207. The van der Waals surface area contributed by atoms with E-state index in [4.69, 9.17) is 5.26 Å².